The highest BCUT2D eigenvalue weighted by Crippen LogP contribution is 2.33. The molecule has 0 saturated heterocycles. The van der Waals surface area contributed by atoms with Crippen LogP contribution < -0.4 is 0 Å². The van der Waals surface area contributed by atoms with Crippen LogP contribution in [0.1, 0.15) is 17.2 Å². The van der Waals surface area contributed by atoms with Gasteiger partial charge in [0, 0.05) is 19.5 Å². The van der Waals surface area contributed by atoms with Crippen molar-refractivity contribution in [2.75, 3.05) is 0 Å². The summed E-state index contributed by atoms with van der Waals surface area (Å²) in [6, 6.07) is 7.54. The van der Waals surface area contributed by atoms with Gasteiger partial charge in [0.1, 0.15) is 11.9 Å². The van der Waals surface area contributed by atoms with Crippen LogP contribution in [-0.2, 0) is 0 Å². The minimum absolute atomic E-state index is 0.0994. The fourth-order valence-electron chi connectivity index (χ4n) is 1.66. The molecule has 0 spiro atoms. The summed E-state index contributed by atoms with van der Waals surface area (Å²) in [5, 5.41) is 11.0. The Morgan fingerprint density at radius 3 is 2.37 bits per heavy atom. The largest absolute Gasteiger partial charge is 0.384 e. The van der Waals surface area contributed by atoms with E-state index in [1.165, 1.54) is 12.1 Å². The average molecular weight is 429 g/mol. The summed E-state index contributed by atoms with van der Waals surface area (Å²) in [5.74, 6) is -0.542. The number of halogens is 5. The molecule has 19 heavy (non-hydrogen) atoms. The Balaban J connectivity index is 2.49. The van der Waals surface area contributed by atoms with Gasteiger partial charge in [0.2, 0.25) is 0 Å². The summed E-state index contributed by atoms with van der Waals surface area (Å²) in [7, 11) is 0. The van der Waals surface area contributed by atoms with Gasteiger partial charge in [-0.2, -0.15) is 0 Å². The van der Waals surface area contributed by atoms with Crippen molar-refractivity contribution in [3.8, 4) is 0 Å². The number of aliphatic hydroxyl groups is 1. The number of rotatable bonds is 2. The first kappa shape index (κ1) is 15.3. The molecule has 0 heterocycles. The Bertz CT molecular complexity index is 614. The van der Waals surface area contributed by atoms with E-state index in [1.54, 1.807) is 18.2 Å². The molecular formula is C13H7Br2Cl2FO. The summed E-state index contributed by atoms with van der Waals surface area (Å²) in [4.78, 5) is 0. The average Bonchev–Trinajstić information content (AvgIpc) is 2.31. The smallest absolute Gasteiger partial charge is 0.130 e. The summed E-state index contributed by atoms with van der Waals surface area (Å²) in [5.41, 5.74) is 0.582. The fourth-order valence-corrected chi connectivity index (χ4v) is 3.03. The van der Waals surface area contributed by atoms with Crippen molar-refractivity contribution in [2.45, 2.75) is 6.10 Å². The van der Waals surface area contributed by atoms with E-state index < -0.39 is 11.9 Å². The van der Waals surface area contributed by atoms with Crippen LogP contribution in [0.4, 0.5) is 4.39 Å². The summed E-state index contributed by atoms with van der Waals surface area (Å²) >= 11 is 18.2. The highest BCUT2D eigenvalue weighted by atomic mass is 79.9. The molecule has 6 heteroatoms. The van der Waals surface area contributed by atoms with Crippen LogP contribution in [0.25, 0.3) is 0 Å². The molecule has 0 saturated carbocycles. The van der Waals surface area contributed by atoms with Crippen LogP contribution in [0.2, 0.25) is 10.0 Å². The SMILES string of the molecule is OC(c1cc(Cl)cc(Br)c1)c1cc(Cl)c(Br)cc1F. The molecule has 0 amide bonds. The lowest BCUT2D eigenvalue weighted by atomic mass is 10.0. The molecule has 1 atom stereocenters. The maximum atomic E-state index is 13.9. The molecule has 1 nitrogen and oxygen atoms in total. The third kappa shape index (κ3) is 3.50. The van der Waals surface area contributed by atoms with Crippen molar-refractivity contribution in [3.05, 3.63) is 66.3 Å². The third-order valence-corrected chi connectivity index (χ3v) is 4.41. The standard InChI is InChI=1S/C13H7Br2Cl2FO/c14-7-1-6(2-8(16)3-7)13(19)9-4-11(17)10(15)5-12(9)18/h1-5,13,19H. The van der Waals surface area contributed by atoms with E-state index in [0.29, 0.717) is 24.6 Å². The molecule has 0 aliphatic carbocycles. The Kier molecular flexibility index (Phi) is 4.90. The summed E-state index contributed by atoms with van der Waals surface area (Å²) in [6.07, 6.45) is -1.14. The van der Waals surface area contributed by atoms with Gasteiger partial charge in [-0.3, -0.25) is 0 Å². The molecule has 0 aliphatic heterocycles. The van der Waals surface area contributed by atoms with E-state index in [1.807, 2.05) is 0 Å². The number of benzene rings is 2. The lowest BCUT2D eigenvalue weighted by molar-refractivity contribution is 0.215. The molecule has 0 aliphatic rings. The topological polar surface area (TPSA) is 20.2 Å². The molecule has 1 N–H and O–H groups in total. The van der Waals surface area contributed by atoms with Crippen LogP contribution in [0.3, 0.4) is 0 Å². The molecular weight excluding hydrogens is 422 g/mol. The van der Waals surface area contributed by atoms with Gasteiger partial charge in [0.05, 0.1) is 5.02 Å². The molecule has 2 aromatic carbocycles. The second-order valence-corrected chi connectivity index (χ2v) is 6.51. The minimum Gasteiger partial charge on any atom is -0.384 e. The highest BCUT2D eigenvalue weighted by Gasteiger charge is 2.18. The fraction of sp³-hybridized carbons (Fsp3) is 0.0769. The molecule has 2 aromatic rings. The zero-order valence-electron chi connectivity index (χ0n) is 9.30. The van der Waals surface area contributed by atoms with Crippen LogP contribution in [0.5, 0.6) is 0 Å². The van der Waals surface area contributed by atoms with Gasteiger partial charge < -0.3 is 5.11 Å². The molecule has 0 radical (unpaired) electrons. The Morgan fingerprint density at radius 1 is 1.05 bits per heavy atom. The van der Waals surface area contributed by atoms with Crippen LogP contribution >= 0.6 is 55.1 Å². The van der Waals surface area contributed by atoms with E-state index in [2.05, 4.69) is 31.9 Å². The van der Waals surface area contributed by atoms with Gasteiger partial charge in [0.25, 0.3) is 0 Å². The maximum Gasteiger partial charge on any atom is 0.130 e. The molecule has 100 valence electrons. The highest BCUT2D eigenvalue weighted by molar-refractivity contribution is 9.10. The van der Waals surface area contributed by atoms with E-state index in [-0.39, 0.29) is 5.56 Å². The molecule has 0 fully saturated rings. The first-order valence-electron chi connectivity index (χ1n) is 5.17. The van der Waals surface area contributed by atoms with E-state index in [0.717, 1.165) is 0 Å². The Morgan fingerprint density at radius 2 is 1.74 bits per heavy atom. The number of hydrogen-bond donors (Lipinski definition) is 1. The normalized spacial score (nSPS) is 12.5. The minimum atomic E-state index is -1.14. The second kappa shape index (κ2) is 6.10. The maximum absolute atomic E-state index is 13.9. The second-order valence-electron chi connectivity index (χ2n) is 3.89. The monoisotopic (exact) mass is 426 g/mol. The molecule has 2 rings (SSSR count). The molecule has 0 aromatic heterocycles. The van der Waals surface area contributed by atoms with Crippen LogP contribution in [0.15, 0.2) is 39.3 Å². The Hall–Kier alpha value is -0.130. The van der Waals surface area contributed by atoms with Gasteiger partial charge >= 0.3 is 0 Å². The molecule has 0 bridgehead atoms. The zero-order valence-corrected chi connectivity index (χ0v) is 14.0. The number of aliphatic hydroxyl groups excluding tert-OH is 1. The van der Waals surface area contributed by atoms with Crippen molar-refractivity contribution in [3.63, 3.8) is 0 Å². The predicted octanol–water partition coefficient (Wildman–Crippen LogP) is 5.74. The van der Waals surface area contributed by atoms with Crippen LogP contribution in [0, 0.1) is 5.82 Å². The van der Waals surface area contributed by atoms with Crippen molar-refractivity contribution >= 4 is 55.1 Å². The van der Waals surface area contributed by atoms with Crippen molar-refractivity contribution < 1.29 is 9.50 Å². The van der Waals surface area contributed by atoms with Gasteiger partial charge in [0.15, 0.2) is 0 Å². The quantitative estimate of drug-likeness (QED) is 0.605. The first-order valence-corrected chi connectivity index (χ1v) is 7.51. The Labute approximate surface area is 136 Å². The van der Waals surface area contributed by atoms with Crippen LogP contribution in [-0.4, -0.2) is 5.11 Å². The van der Waals surface area contributed by atoms with Crippen molar-refractivity contribution in [1.29, 1.82) is 0 Å². The lowest BCUT2D eigenvalue weighted by Gasteiger charge is -2.14. The number of hydrogen-bond acceptors (Lipinski definition) is 1. The van der Waals surface area contributed by atoms with Gasteiger partial charge in [-0.15, -0.1) is 0 Å². The summed E-state index contributed by atoms with van der Waals surface area (Å²) in [6.45, 7) is 0. The van der Waals surface area contributed by atoms with Crippen molar-refractivity contribution in [2.24, 2.45) is 0 Å². The lowest BCUT2D eigenvalue weighted by Crippen LogP contribution is -2.03. The first-order chi connectivity index (χ1) is 8.88. The zero-order chi connectivity index (χ0) is 14.2. The van der Waals surface area contributed by atoms with E-state index in [9.17, 15) is 9.50 Å². The van der Waals surface area contributed by atoms with E-state index in [4.69, 9.17) is 23.2 Å². The third-order valence-electron chi connectivity index (χ3n) is 2.53. The van der Waals surface area contributed by atoms with Gasteiger partial charge in [-0.1, -0.05) is 39.1 Å². The van der Waals surface area contributed by atoms with Crippen molar-refractivity contribution in [1.82, 2.24) is 0 Å². The van der Waals surface area contributed by atoms with Gasteiger partial charge in [-0.05, 0) is 51.8 Å². The predicted molar refractivity (Wildman–Crippen MR) is 82.3 cm³/mol. The van der Waals surface area contributed by atoms with E-state index >= 15 is 0 Å². The molecule has 1 unspecified atom stereocenters. The summed E-state index contributed by atoms with van der Waals surface area (Å²) < 4.78 is 15.0. The van der Waals surface area contributed by atoms with Gasteiger partial charge in [-0.25, -0.2) is 4.39 Å².